The van der Waals surface area contributed by atoms with Crippen LogP contribution in [-0.2, 0) is 29.6 Å². The van der Waals surface area contributed by atoms with Gasteiger partial charge in [-0.1, -0.05) is 0 Å². The van der Waals surface area contributed by atoms with Crippen LogP contribution in [-0.4, -0.2) is 52.9 Å². The first-order valence-corrected chi connectivity index (χ1v) is 11.3. The van der Waals surface area contributed by atoms with Gasteiger partial charge in [0.1, 0.15) is 17.1 Å². The van der Waals surface area contributed by atoms with Gasteiger partial charge in [-0.05, 0) is 32.1 Å². The number of fused-ring (bicyclic) bond motifs is 1. The summed E-state index contributed by atoms with van der Waals surface area (Å²) >= 11 is 0. The first kappa shape index (κ1) is 15.9. The number of β-lactam (4-membered cyclic amide) rings is 1. The molecular formula is C12H18N2O5SSi. The fourth-order valence-electron chi connectivity index (χ4n) is 2.37. The molecule has 2 rings (SSSR count). The van der Waals surface area contributed by atoms with E-state index >= 15 is 0 Å². The molecule has 7 nitrogen and oxygen atoms in total. The summed E-state index contributed by atoms with van der Waals surface area (Å²) in [5.41, 5.74) is 0.752. The van der Waals surface area contributed by atoms with Crippen molar-refractivity contribution in [3.8, 4) is 0 Å². The van der Waals surface area contributed by atoms with Crippen LogP contribution < -0.4 is 5.32 Å². The number of nitrogens with zero attached hydrogens (tertiary/aromatic N) is 1. The highest BCUT2D eigenvalue weighted by Gasteiger charge is 2.56. The molecule has 0 bridgehead atoms. The van der Waals surface area contributed by atoms with Gasteiger partial charge < -0.3 is 9.74 Å². The van der Waals surface area contributed by atoms with Crippen LogP contribution in [0.15, 0.2) is 11.3 Å². The molecule has 3 atom stereocenters. The summed E-state index contributed by atoms with van der Waals surface area (Å²) in [7, 11) is -3.44. The Kier molecular flexibility index (Phi) is 4.07. The van der Waals surface area contributed by atoms with Crippen LogP contribution in [0.25, 0.3) is 0 Å². The number of amides is 2. The predicted octanol–water partition coefficient (Wildman–Crippen LogP) is -0.316. The summed E-state index contributed by atoms with van der Waals surface area (Å²) in [5.74, 6) is -0.782. The third kappa shape index (κ3) is 2.79. The van der Waals surface area contributed by atoms with Crippen molar-refractivity contribution in [3.63, 3.8) is 0 Å². The molecule has 1 saturated heterocycles. The molecule has 0 aromatic heterocycles. The topological polar surface area (TPSA) is 92.8 Å². The highest BCUT2D eigenvalue weighted by Crippen LogP contribution is 2.35. The van der Waals surface area contributed by atoms with Gasteiger partial charge in [0.15, 0.2) is 0 Å². The van der Waals surface area contributed by atoms with Gasteiger partial charge in [-0.15, -0.1) is 0 Å². The van der Waals surface area contributed by atoms with Crippen molar-refractivity contribution < 1.29 is 23.0 Å². The zero-order chi connectivity index (χ0) is 15.9. The summed E-state index contributed by atoms with van der Waals surface area (Å²) in [4.78, 5) is 36.1. The van der Waals surface area contributed by atoms with E-state index in [-0.39, 0.29) is 11.4 Å². The molecule has 21 heavy (non-hydrogen) atoms. The maximum absolute atomic E-state index is 12.3. The van der Waals surface area contributed by atoms with Crippen LogP contribution in [0, 0.1) is 0 Å². The summed E-state index contributed by atoms with van der Waals surface area (Å²) in [5, 5.41) is 1.67. The van der Waals surface area contributed by atoms with Gasteiger partial charge in [-0.2, -0.15) is 0 Å². The maximum atomic E-state index is 12.3. The highest BCUT2D eigenvalue weighted by molar-refractivity contribution is 7.86. The molecule has 0 saturated carbocycles. The largest absolute Gasteiger partial charge is 0.515 e. The van der Waals surface area contributed by atoms with E-state index in [1.54, 1.807) is 6.92 Å². The van der Waals surface area contributed by atoms with Gasteiger partial charge in [0.25, 0.3) is 5.91 Å². The van der Waals surface area contributed by atoms with Crippen LogP contribution >= 0.6 is 0 Å². The average Bonchev–Trinajstić information content (AvgIpc) is 2.33. The minimum atomic E-state index is -2.10. The molecule has 0 radical (unpaired) electrons. The van der Waals surface area contributed by atoms with Crippen molar-refractivity contribution >= 4 is 37.4 Å². The summed E-state index contributed by atoms with van der Waals surface area (Å²) < 4.78 is 17.6. The van der Waals surface area contributed by atoms with E-state index in [1.807, 2.05) is 19.6 Å². The van der Waals surface area contributed by atoms with E-state index < -0.39 is 42.4 Å². The van der Waals surface area contributed by atoms with E-state index in [0.29, 0.717) is 12.0 Å². The van der Waals surface area contributed by atoms with Crippen molar-refractivity contribution in [3.05, 3.63) is 11.3 Å². The monoisotopic (exact) mass is 330 g/mol. The van der Waals surface area contributed by atoms with Crippen molar-refractivity contribution in [1.82, 2.24) is 10.2 Å². The second-order valence-corrected chi connectivity index (χ2v) is 12.0. The molecule has 9 heteroatoms. The molecule has 2 aliphatic heterocycles. The lowest BCUT2D eigenvalue weighted by Crippen LogP contribution is -2.72. The molecule has 2 aliphatic rings. The number of hydrogen-bond donors (Lipinski definition) is 1. The van der Waals surface area contributed by atoms with Gasteiger partial charge in [0.2, 0.25) is 14.7 Å². The van der Waals surface area contributed by atoms with Crippen molar-refractivity contribution in [2.45, 2.75) is 38.0 Å². The lowest BCUT2D eigenvalue weighted by molar-refractivity contribution is -0.149. The number of nitrogens with one attached hydrogen (secondary N) is 1. The normalized spacial score (nSPS) is 28.7. The number of rotatable bonds is 4. The number of carbonyl (C=O) groups excluding carboxylic acids is 3. The molecule has 0 spiro atoms. The minimum Gasteiger partial charge on any atom is -0.515 e. The van der Waals surface area contributed by atoms with Gasteiger partial charge in [0, 0.05) is 5.75 Å². The van der Waals surface area contributed by atoms with E-state index in [9.17, 15) is 18.6 Å². The van der Waals surface area contributed by atoms with E-state index in [0.717, 1.165) is 0 Å². The average molecular weight is 330 g/mol. The van der Waals surface area contributed by atoms with Crippen LogP contribution in [0.5, 0.6) is 0 Å². The molecule has 0 aliphatic carbocycles. The number of carbonyl (C=O) groups is 3. The fourth-order valence-corrected chi connectivity index (χ4v) is 4.70. The van der Waals surface area contributed by atoms with Crippen molar-refractivity contribution in [2.75, 3.05) is 5.75 Å². The van der Waals surface area contributed by atoms with Gasteiger partial charge in [-0.3, -0.25) is 18.7 Å². The first-order chi connectivity index (χ1) is 9.67. The molecule has 1 fully saturated rings. The third-order valence-electron chi connectivity index (χ3n) is 3.16. The molecule has 116 valence electrons. The Morgan fingerprint density at radius 2 is 2.10 bits per heavy atom. The lowest BCUT2D eigenvalue weighted by atomic mass is 10.0. The molecule has 0 aromatic rings. The first-order valence-electron chi connectivity index (χ1n) is 6.50. The fraction of sp³-hybridized carbons (Fsp3) is 0.583. The Morgan fingerprint density at radius 1 is 1.48 bits per heavy atom. The second-order valence-electron chi connectivity index (χ2n) is 6.02. The van der Waals surface area contributed by atoms with Crippen LogP contribution in [0.4, 0.5) is 0 Å². The molecule has 1 N–H and O–H groups in total. The Balaban J connectivity index is 2.31. The molecule has 0 aromatic carbocycles. The highest BCUT2D eigenvalue weighted by atomic mass is 32.2. The van der Waals surface area contributed by atoms with E-state index in [2.05, 4.69) is 5.32 Å². The molecular weight excluding hydrogens is 312 g/mol. The Labute approximate surface area is 126 Å². The Bertz CT molecular complexity index is 568. The summed E-state index contributed by atoms with van der Waals surface area (Å²) in [6.07, 6.45) is 0.405. The van der Waals surface area contributed by atoms with E-state index in [4.69, 9.17) is 4.43 Å². The Hall–Kier alpha value is -1.48. The molecule has 2 amide bonds. The van der Waals surface area contributed by atoms with Gasteiger partial charge in [-0.25, -0.2) is 4.79 Å². The van der Waals surface area contributed by atoms with Crippen LogP contribution in [0.1, 0.15) is 6.92 Å². The lowest BCUT2D eigenvalue weighted by Gasteiger charge is -2.48. The second kappa shape index (κ2) is 5.37. The Morgan fingerprint density at radius 3 is 2.62 bits per heavy atom. The zero-order valence-corrected chi connectivity index (χ0v) is 14.2. The van der Waals surface area contributed by atoms with Gasteiger partial charge in [0.05, 0.1) is 10.8 Å². The van der Waals surface area contributed by atoms with Crippen LogP contribution in [0.3, 0.4) is 0 Å². The quantitative estimate of drug-likeness (QED) is 0.433. The minimum absolute atomic E-state index is 0.177. The zero-order valence-electron chi connectivity index (χ0n) is 12.3. The summed E-state index contributed by atoms with van der Waals surface area (Å²) in [6.45, 7) is 7.28. The molecule has 2 unspecified atom stereocenters. The molecule has 2 heterocycles. The standard InChI is InChI=1S/C12H18N2O5SSi/c1-7-5-20(18)11-8(13-6-15)10(16)14(11)9(7)12(17)19-21(2,3)4/h6,8,11H,5H2,1-4H3,(H,13,15)/t8?,11-,20?/m0/s1. The smallest absolute Gasteiger partial charge is 0.341 e. The third-order valence-corrected chi connectivity index (χ3v) is 5.69. The van der Waals surface area contributed by atoms with E-state index in [1.165, 1.54) is 4.90 Å². The maximum Gasteiger partial charge on any atom is 0.341 e. The van der Waals surface area contributed by atoms with Gasteiger partial charge >= 0.3 is 5.97 Å². The van der Waals surface area contributed by atoms with Crippen molar-refractivity contribution in [1.29, 1.82) is 0 Å². The SMILES string of the molecule is CC1=C(C(=O)O[Si](C)(C)C)N2C(=O)C(NC=O)[C@@H]2S(=O)C1. The van der Waals surface area contributed by atoms with Crippen LogP contribution in [0.2, 0.25) is 19.6 Å². The van der Waals surface area contributed by atoms with Crippen molar-refractivity contribution in [2.24, 2.45) is 0 Å². The predicted molar refractivity (Wildman–Crippen MR) is 78.8 cm³/mol. The number of hydrogen-bond acceptors (Lipinski definition) is 5. The summed E-state index contributed by atoms with van der Waals surface area (Å²) in [6, 6.07) is -0.828.